The van der Waals surface area contributed by atoms with Gasteiger partial charge in [-0.05, 0) is 44.4 Å². The number of rotatable bonds is 6. The first-order chi connectivity index (χ1) is 9.63. The van der Waals surface area contributed by atoms with E-state index >= 15 is 0 Å². The standard InChI is InChI=1S/C16H22N2O2.ClH/c1-11-5-6-14-13(10-20-16(14)12(11)2)9-15(19)18-8-4-3-7-17;/h5-6,10H,3-4,7-9,17H2,1-2H3,(H,18,19);1H. The molecule has 0 aliphatic rings. The maximum absolute atomic E-state index is 11.9. The minimum absolute atomic E-state index is 0. The lowest BCUT2D eigenvalue weighted by atomic mass is 10.0. The predicted octanol–water partition coefficient (Wildman–Crippen LogP) is 2.87. The first-order valence-corrected chi connectivity index (χ1v) is 7.06. The molecule has 0 bridgehead atoms. The zero-order valence-electron chi connectivity index (χ0n) is 12.6. The van der Waals surface area contributed by atoms with Crippen molar-refractivity contribution in [3.8, 4) is 0 Å². The molecule has 1 heterocycles. The van der Waals surface area contributed by atoms with Gasteiger partial charge in [-0.3, -0.25) is 4.79 Å². The summed E-state index contributed by atoms with van der Waals surface area (Å²) >= 11 is 0. The Balaban J connectivity index is 0.00000220. The van der Waals surface area contributed by atoms with E-state index in [9.17, 15) is 4.79 Å². The second kappa shape index (κ2) is 8.05. The topological polar surface area (TPSA) is 68.3 Å². The fourth-order valence-corrected chi connectivity index (χ4v) is 2.26. The second-order valence-electron chi connectivity index (χ2n) is 5.17. The monoisotopic (exact) mass is 310 g/mol. The third-order valence-corrected chi connectivity index (χ3v) is 3.65. The summed E-state index contributed by atoms with van der Waals surface area (Å²) in [7, 11) is 0. The lowest BCUT2D eigenvalue weighted by Gasteiger charge is -2.04. The zero-order chi connectivity index (χ0) is 14.5. The van der Waals surface area contributed by atoms with Gasteiger partial charge in [0.15, 0.2) is 0 Å². The molecule has 0 fully saturated rings. The molecular weight excluding hydrogens is 288 g/mol. The van der Waals surface area contributed by atoms with Crippen LogP contribution in [-0.2, 0) is 11.2 Å². The molecule has 2 rings (SSSR count). The van der Waals surface area contributed by atoms with E-state index in [1.165, 1.54) is 5.56 Å². The first kappa shape index (κ1) is 17.5. The molecule has 116 valence electrons. The molecule has 0 saturated heterocycles. The highest BCUT2D eigenvalue weighted by molar-refractivity contribution is 5.89. The van der Waals surface area contributed by atoms with Crippen molar-refractivity contribution < 1.29 is 9.21 Å². The number of unbranched alkanes of at least 4 members (excludes halogenated alkanes) is 1. The van der Waals surface area contributed by atoms with Gasteiger partial charge in [0.1, 0.15) is 5.58 Å². The van der Waals surface area contributed by atoms with E-state index in [2.05, 4.69) is 18.3 Å². The molecule has 1 aromatic heterocycles. The van der Waals surface area contributed by atoms with Crippen molar-refractivity contribution in [3.05, 3.63) is 35.1 Å². The van der Waals surface area contributed by atoms with E-state index in [0.717, 1.165) is 34.9 Å². The smallest absolute Gasteiger partial charge is 0.224 e. The van der Waals surface area contributed by atoms with Crippen molar-refractivity contribution in [2.45, 2.75) is 33.1 Å². The predicted molar refractivity (Wildman–Crippen MR) is 87.9 cm³/mol. The summed E-state index contributed by atoms with van der Waals surface area (Å²) in [5.74, 6) is 0.0305. The Kier molecular flexibility index (Phi) is 6.72. The molecule has 21 heavy (non-hydrogen) atoms. The average molecular weight is 311 g/mol. The quantitative estimate of drug-likeness (QED) is 0.806. The van der Waals surface area contributed by atoms with Gasteiger partial charge in [0.2, 0.25) is 5.91 Å². The van der Waals surface area contributed by atoms with Crippen LogP contribution in [-0.4, -0.2) is 19.0 Å². The van der Waals surface area contributed by atoms with Crippen LogP contribution in [0.2, 0.25) is 0 Å². The van der Waals surface area contributed by atoms with Crippen molar-refractivity contribution in [1.29, 1.82) is 0 Å². The molecule has 1 amide bonds. The van der Waals surface area contributed by atoms with Crippen LogP contribution in [0.3, 0.4) is 0 Å². The Hall–Kier alpha value is -1.52. The highest BCUT2D eigenvalue weighted by atomic mass is 35.5. The number of carbonyl (C=O) groups excluding carboxylic acids is 1. The van der Waals surface area contributed by atoms with Crippen molar-refractivity contribution >= 4 is 29.3 Å². The van der Waals surface area contributed by atoms with Crippen LogP contribution in [0.15, 0.2) is 22.8 Å². The number of nitrogens with two attached hydrogens (primary N) is 1. The SMILES string of the molecule is Cc1ccc2c(CC(=O)NCCCCN)coc2c1C.Cl. The van der Waals surface area contributed by atoms with Gasteiger partial charge in [0.25, 0.3) is 0 Å². The van der Waals surface area contributed by atoms with Crippen LogP contribution in [0.4, 0.5) is 0 Å². The van der Waals surface area contributed by atoms with Gasteiger partial charge in [-0.1, -0.05) is 12.1 Å². The molecule has 0 saturated carbocycles. The van der Waals surface area contributed by atoms with Crippen molar-refractivity contribution in [2.75, 3.05) is 13.1 Å². The number of halogens is 1. The fourth-order valence-electron chi connectivity index (χ4n) is 2.26. The molecule has 0 atom stereocenters. The lowest BCUT2D eigenvalue weighted by Crippen LogP contribution is -2.26. The normalized spacial score (nSPS) is 10.4. The second-order valence-corrected chi connectivity index (χ2v) is 5.17. The minimum Gasteiger partial charge on any atom is -0.464 e. The van der Waals surface area contributed by atoms with E-state index in [0.29, 0.717) is 19.5 Å². The van der Waals surface area contributed by atoms with Crippen molar-refractivity contribution in [1.82, 2.24) is 5.32 Å². The average Bonchev–Trinajstić information content (AvgIpc) is 2.83. The van der Waals surface area contributed by atoms with Gasteiger partial charge < -0.3 is 15.5 Å². The van der Waals surface area contributed by atoms with Gasteiger partial charge in [0.05, 0.1) is 12.7 Å². The zero-order valence-corrected chi connectivity index (χ0v) is 13.4. The van der Waals surface area contributed by atoms with Gasteiger partial charge in [-0.15, -0.1) is 12.4 Å². The molecule has 0 radical (unpaired) electrons. The molecule has 4 nitrogen and oxygen atoms in total. The Morgan fingerprint density at radius 1 is 1.29 bits per heavy atom. The number of amides is 1. The van der Waals surface area contributed by atoms with E-state index in [-0.39, 0.29) is 18.3 Å². The highest BCUT2D eigenvalue weighted by Crippen LogP contribution is 2.26. The van der Waals surface area contributed by atoms with Crippen LogP contribution < -0.4 is 11.1 Å². The summed E-state index contributed by atoms with van der Waals surface area (Å²) in [6.45, 7) is 5.45. The summed E-state index contributed by atoms with van der Waals surface area (Å²) in [6, 6.07) is 4.09. The summed E-state index contributed by atoms with van der Waals surface area (Å²) < 4.78 is 5.61. The summed E-state index contributed by atoms with van der Waals surface area (Å²) in [6.07, 6.45) is 3.91. The van der Waals surface area contributed by atoms with Gasteiger partial charge in [-0.2, -0.15) is 0 Å². The molecule has 0 aliphatic carbocycles. The van der Waals surface area contributed by atoms with Crippen LogP contribution >= 0.6 is 12.4 Å². The Labute approximate surface area is 131 Å². The van der Waals surface area contributed by atoms with Crippen LogP contribution in [0.1, 0.15) is 29.5 Å². The molecule has 1 aromatic carbocycles. The Morgan fingerprint density at radius 2 is 2.05 bits per heavy atom. The molecule has 0 unspecified atom stereocenters. The highest BCUT2D eigenvalue weighted by Gasteiger charge is 2.12. The number of nitrogens with one attached hydrogen (secondary N) is 1. The van der Waals surface area contributed by atoms with Crippen molar-refractivity contribution in [2.24, 2.45) is 5.73 Å². The number of hydrogen-bond acceptors (Lipinski definition) is 3. The summed E-state index contributed by atoms with van der Waals surface area (Å²) in [5.41, 5.74) is 9.58. The molecular formula is C16H23ClN2O2. The third kappa shape index (κ3) is 4.22. The molecule has 2 aromatic rings. The van der Waals surface area contributed by atoms with Gasteiger partial charge in [0, 0.05) is 17.5 Å². The molecule has 0 spiro atoms. The minimum atomic E-state index is 0. The molecule has 5 heteroatoms. The third-order valence-electron chi connectivity index (χ3n) is 3.65. The summed E-state index contributed by atoms with van der Waals surface area (Å²) in [5, 5.41) is 3.94. The van der Waals surface area contributed by atoms with Gasteiger partial charge >= 0.3 is 0 Å². The number of fused-ring (bicyclic) bond motifs is 1. The van der Waals surface area contributed by atoms with Crippen LogP contribution in [0, 0.1) is 13.8 Å². The fraction of sp³-hybridized carbons (Fsp3) is 0.438. The van der Waals surface area contributed by atoms with Crippen LogP contribution in [0.25, 0.3) is 11.0 Å². The Morgan fingerprint density at radius 3 is 2.76 bits per heavy atom. The summed E-state index contributed by atoms with van der Waals surface area (Å²) in [4.78, 5) is 11.9. The van der Waals surface area contributed by atoms with Crippen LogP contribution in [0.5, 0.6) is 0 Å². The Bertz CT molecular complexity index is 608. The first-order valence-electron chi connectivity index (χ1n) is 7.06. The number of furan rings is 1. The van der Waals surface area contributed by atoms with E-state index in [1.54, 1.807) is 6.26 Å². The van der Waals surface area contributed by atoms with E-state index < -0.39 is 0 Å². The maximum Gasteiger partial charge on any atom is 0.224 e. The van der Waals surface area contributed by atoms with E-state index in [1.807, 2.05) is 13.0 Å². The number of benzene rings is 1. The largest absolute Gasteiger partial charge is 0.464 e. The number of hydrogen-bond donors (Lipinski definition) is 2. The number of aryl methyl sites for hydroxylation is 2. The molecule has 3 N–H and O–H groups in total. The maximum atomic E-state index is 11.9. The van der Waals surface area contributed by atoms with Crippen molar-refractivity contribution in [3.63, 3.8) is 0 Å². The molecule has 0 aliphatic heterocycles. The lowest BCUT2D eigenvalue weighted by molar-refractivity contribution is -0.120. The van der Waals surface area contributed by atoms with E-state index in [4.69, 9.17) is 10.2 Å². The number of carbonyl (C=O) groups is 1. The van der Waals surface area contributed by atoms with Gasteiger partial charge in [-0.25, -0.2) is 0 Å².